The molecule has 2 aromatic carbocycles. The molecule has 0 saturated carbocycles. The first-order valence-electron chi connectivity index (χ1n) is 9.74. The Bertz CT molecular complexity index is 844. The molecule has 1 atom stereocenters. The Morgan fingerprint density at radius 3 is 2.43 bits per heavy atom. The Balaban J connectivity index is 1.78. The van der Waals surface area contributed by atoms with E-state index in [9.17, 15) is 9.18 Å². The maximum Gasteiger partial charge on any atom is 0.268 e. The molecular weight excluding hydrogens is 353 g/mol. The molecule has 0 bridgehead atoms. The molecule has 0 saturated heterocycles. The third-order valence-electron chi connectivity index (χ3n) is 4.99. The van der Waals surface area contributed by atoms with Gasteiger partial charge in [0.25, 0.3) is 5.91 Å². The summed E-state index contributed by atoms with van der Waals surface area (Å²) in [5.41, 5.74) is 1.91. The van der Waals surface area contributed by atoms with E-state index in [2.05, 4.69) is 36.4 Å². The monoisotopic (exact) mass is 381 g/mol. The van der Waals surface area contributed by atoms with Crippen LogP contribution in [0, 0.1) is 11.7 Å². The quantitative estimate of drug-likeness (QED) is 0.792. The number of nitrogens with one attached hydrogen (secondary N) is 1. The second kappa shape index (κ2) is 8.13. The van der Waals surface area contributed by atoms with E-state index in [4.69, 9.17) is 0 Å². The van der Waals surface area contributed by atoms with Gasteiger partial charge in [-0.05, 0) is 43.0 Å². The fourth-order valence-electron chi connectivity index (χ4n) is 3.49. The van der Waals surface area contributed by atoms with Gasteiger partial charge in [0.15, 0.2) is 0 Å². The summed E-state index contributed by atoms with van der Waals surface area (Å²) in [6.45, 7) is 8.90. The van der Waals surface area contributed by atoms with Gasteiger partial charge in [-0.2, -0.15) is 5.10 Å². The molecule has 0 aromatic heterocycles. The maximum absolute atomic E-state index is 13.2. The highest BCUT2D eigenvalue weighted by Crippen LogP contribution is 2.31. The van der Waals surface area contributed by atoms with E-state index >= 15 is 0 Å². The average molecular weight is 381 g/mol. The number of hydrazone groups is 1. The smallest absolute Gasteiger partial charge is 0.268 e. The van der Waals surface area contributed by atoms with Gasteiger partial charge in [-0.3, -0.25) is 9.80 Å². The van der Waals surface area contributed by atoms with Crippen molar-refractivity contribution in [3.63, 3.8) is 0 Å². The number of rotatable bonds is 6. The minimum atomic E-state index is -0.624. The number of hydrogen-bond acceptors (Lipinski definition) is 3. The number of carbonyl (C=O) groups excluding carboxylic acids is 1. The Kier molecular flexibility index (Phi) is 5.82. The molecule has 0 aliphatic carbocycles. The van der Waals surface area contributed by atoms with Crippen LogP contribution in [0.2, 0.25) is 0 Å². The topological polar surface area (TPSA) is 44.7 Å². The lowest BCUT2D eigenvalue weighted by molar-refractivity contribution is -0.116. The van der Waals surface area contributed by atoms with Crippen LogP contribution in [0.25, 0.3) is 0 Å². The molecule has 4 nitrogen and oxygen atoms in total. The molecule has 1 unspecified atom stereocenters. The van der Waals surface area contributed by atoms with Crippen LogP contribution in [0.4, 0.5) is 4.39 Å². The van der Waals surface area contributed by atoms with Crippen LogP contribution in [-0.4, -0.2) is 23.2 Å². The first-order valence-corrected chi connectivity index (χ1v) is 9.74. The third kappa shape index (κ3) is 4.58. The zero-order valence-corrected chi connectivity index (χ0v) is 16.9. The van der Waals surface area contributed by atoms with Gasteiger partial charge in [-0.25, -0.2) is 4.39 Å². The van der Waals surface area contributed by atoms with Gasteiger partial charge in [0.1, 0.15) is 11.5 Å². The number of halogens is 1. The van der Waals surface area contributed by atoms with Crippen LogP contribution in [0.15, 0.2) is 59.7 Å². The highest BCUT2D eigenvalue weighted by Gasteiger charge is 2.33. The minimum absolute atomic E-state index is 0.0679. The molecule has 0 radical (unpaired) electrons. The van der Waals surface area contributed by atoms with Gasteiger partial charge < -0.3 is 5.32 Å². The average Bonchev–Trinajstić information content (AvgIpc) is 3.06. The van der Waals surface area contributed by atoms with Crippen molar-refractivity contribution in [3.8, 4) is 0 Å². The normalized spacial score (nSPS) is 17.0. The maximum atomic E-state index is 13.2. The van der Waals surface area contributed by atoms with E-state index in [1.54, 1.807) is 12.1 Å². The van der Waals surface area contributed by atoms with Crippen LogP contribution in [0.1, 0.15) is 51.3 Å². The van der Waals surface area contributed by atoms with Crippen molar-refractivity contribution >= 4 is 11.6 Å². The summed E-state index contributed by atoms with van der Waals surface area (Å²) in [4.78, 5) is 13.0. The first-order chi connectivity index (χ1) is 13.3. The molecule has 1 amide bonds. The van der Waals surface area contributed by atoms with Crippen LogP contribution in [0.3, 0.4) is 0 Å². The zero-order valence-electron chi connectivity index (χ0n) is 16.9. The number of nitrogens with zero attached hydrogens (tertiary/aromatic N) is 2. The van der Waals surface area contributed by atoms with E-state index in [0.717, 1.165) is 17.7 Å². The molecular formula is C23H28FN3O. The predicted octanol–water partition coefficient (Wildman–Crippen LogP) is 4.64. The second-order valence-corrected chi connectivity index (χ2v) is 8.28. The first kappa shape index (κ1) is 20.1. The molecule has 1 heterocycles. The van der Waals surface area contributed by atoms with E-state index in [1.807, 2.05) is 37.1 Å². The van der Waals surface area contributed by atoms with Crippen LogP contribution >= 0.6 is 0 Å². The molecule has 2 aromatic rings. The predicted molar refractivity (Wildman–Crippen MR) is 110 cm³/mol. The van der Waals surface area contributed by atoms with E-state index in [-0.39, 0.29) is 17.8 Å². The standard InChI is InChI=1S/C23H28FN3O/c1-16(2)15-27-21(17-8-6-5-7-9-17)14-20(26-27)22(28)25-23(3,4)18-10-12-19(24)13-11-18/h5-13,16,21H,14-15H2,1-4H3,(H,25,28). The number of amides is 1. The van der Waals surface area contributed by atoms with E-state index in [0.29, 0.717) is 18.1 Å². The third-order valence-corrected chi connectivity index (χ3v) is 4.99. The lowest BCUT2D eigenvalue weighted by Crippen LogP contribution is -2.44. The van der Waals surface area contributed by atoms with Gasteiger partial charge in [0.05, 0.1) is 11.6 Å². The molecule has 1 aliphatic rings. The lowest BCUT2D eigenvalue weighted by Gasteiger charge is -2.26. The van der Waals surface area contributed by atoms with Gasteiger partial charge >= 0.3 is 0 Å². The van der Waals surface area contributed by atoms with Crippen molar-refractivity contribution in [2.24, 2.45) is 11.0 Å². The Hall–Kier alpha value is -2.69. The molecule has 1 aliphatic heterocycles. The SMILES string of the molecule is CC(C)CN1N=C(C(=O)NC(C)(C)c2ccc(F)cc2)CC1c1ccccc1. The van der Waals surface area contributed by atoms with E-state index in [1.165, 1.54) is 12.1 Å². The van der Waals surface area contributed by atoms with E-state index < -0.39 is 5.54 Å². The van der Waals surface area contributed by atoms with Crippen molar-refractivity contribution in [1.82, 2.24) is 10.3 Å². The second-order valence-electron chi connectivity index (χ2n) is 8.28. The summed E-state index contributed by atoms with van der Waals surface area (Å²) in [5.74, 6) is -0.0318. The Morgan fingerprint density at radius 1 is 1.18 bits per heavy atom. The van der Waals surface area contributed by atoms with Crippen molar-refractivity contribution in [2.75, 3.05) is 6.54 Å². The Morgan fingerprint density at radius 2 is 1.82 bits per heavy atom. The van der Waals surface area contributed by atoms with Gasteiger partial charge in [-0.15, -0.1) is 0 Å². The highest BCUT2D eigenvalue weighted by atomic mass is 19.1. The minimum Gasteiger partial charge on any atom is -0.342 e. The molecule has 1 N–H and O–H groups in total. The molecule has 0 spiro atoms. The molecule has 5 heteroatoms. The zero-order chi connectivity index (χ0) is 20.3. The number of benzene rings is 2. The molecule has 0 fully saturated rings. The summed E-state index contributed by atoms with van der Waals surface area (Å²) in [5, 5.41) is 9.74. The summed E-state index contributed by atoms with van der Waals surface area (Å²) in [6.07, 6.45) is 0.571. The van der Waals surface area contributed by atoms with Crippen LogP contribution < -0.4 is 5.32 Å². The highest BCUT2D eigenvalue weighted by molar-refractivity contribution is 6.39. The molecule has 28 heavy (non-hydrogen) atoms. The van der Waals surface area contributed by atoms with Crippen molar-refractivity contribution in [1.29, 1.82) is 0 Å². The molecule has 148 valence electrons. The lowest BCUT2D eigenvalue weighted by atomic mass is 9.93. The van der Waals surface area contributed by atoms with Crippen molar-refractivity contribution in [3.05, 3.63) is 71.5 Å². The summed E-state index contributed by atoms with van der Waals surface area (Å²) in [7, 11) is 0. The van der Waals surface area contributed by atoms with Crippen LogP contribution in [0.5, 0.6) is 0 Å². The number of carbonyl (C=O) groups is 1. The van der Waals surface area contributed by atoms with Crippen molar-refractivity contribution in [2.45, 2.75) is 45.7 Å². The van der Waals surface area contributed by atoms with Gasteiger partial charge in [-0.1, -0.05) is 56.3 Å². The summed E-state index contributed by atoms with van der Waals surface area (Å²) >= 11 is 0. The largest absolute Gasteiger partial charge is 0.342 e. The fourth-order valence-corrected chi connectivity index (χ4v) is 3.49. The summed E-state index contributed by atoms with van der Waals surface area (Å²) in [6, 6.07) is 16.5. The van der Waals surface area contributed by atoms with Crippen molar-refractivity contribution < 1.29 is 9.18 Å². The van der Waals surface area contributed by atoms with Gasteiger partial charge in [0.2, 0.25) is 0 Å². The summed E-state index contributed by atoms with van der Waals surface area (Å²) < 4.78 is 13.2. The molecule has 3 rings (SSSR count). The van der Waals surface area contributed by atoms with Crippen LogP contribution in [-0.2, 0) is 10.3 Å². The van der Waals surface area contributed by atoms with Gasteiger partial charge in [0, 0.05) is 13.0 Å². The number of hydrogen-bond donors (Lipinski definition) is 1. The fraction of sp³-hybridized carbons (Fsp3) is 0.391. The Labute approximate surface area is 166 Å².